The molecule has 1 aliphatic heterocycles. The van der Waals surface area contributed by atoms with Crippen LogP contribution in [0.1, 0.15) is 5.56 Å². The van der Waals surface area contributed by atoms with Crippen LogP contribution in [0.5, 0.6) is 0 Å². The second kappa shape index (κ2) is 5.10. The summed E-state index contributed by atoms with van der Waals surface area (Å²) in [5.41, 5.74) is 0.952. The van der Waals surface area contributed by atoms with E-state index >= 15 is 0 Å². The van der Waals surface area contributed by atoms with E-state index in [-0.39, 0.29) is 4.90 Å². The highest BCUT2D eigenvalue weighted by Crippen LogP contribution is 2.75. The zero-order chi connectivity index (χ0) is 15.1. The van der Waals surface area contributed by atoms with E-state index < -0.39 is 26.5 Å². The molecular weight excluding hydrogens is 313 g/mol. The van der Waals surface area contributed by atoms with Crippen LogP contribution in [0.2, 0.25) is 0 Å². The third kappa shape index (κ3) is 2.36. The first kappa shape index (κ1) is 14.5. The van der Waals surface area contributed by atoms with Gasteiger partial charge in [-0.25, -0.2) is 12.8 Å². The van der Waals surface area contributed by atoms with Gasteiger partial charge in [0.25, 0.3) is 10.0 Å². The zero-order valence-electron chi connectivity index (χ0n) is 11.3. The zero-order valence-corrected chi connectivity index (χ0v) is 12.9. The molecule has 2 aromatic rings. The lowest BCUT2D eigenvalue weighted by molar-refractivity contribution is 0.308. The van der Waals surface area contributed by atoms with E-state index in [1.54, 1.807) is 42.5 Å². The van der Waals surface area contributed by atoms with Crippen LogP contribution in [0.15, 0.2) is 64.4 Å². The van der Waals surface area contributed by atoms with Crippen molar-refractivity contribution < 1.29 is 17.1 Å². The lowest BCUT2D eigenvalue weighted by Crippen LogP contribution is -2.13. The van der Waals surface area contributed by atoms with Crippen LogP contribution in [-0.2, 0) is 14.3 Å². The third-order valence-electron chi connectivity index (χ3n) is 3.18. The minimum Gasteiger partial charge on any atom is -0.237 e. The van der Waals surface area contributed by atoms with Crippen LogP contribution in [0.4, 0.5) is 4.39 Å². The molecule has 0 amide bonds. The smallest absolute Gasteiger partial charge is 0.237 e. The van der Waals surface area contributed by atoms with Gasteiger partial charge in [0.15, 0.2) is 6.01 Å². The highest BCUT2D eigenvalue weighted by molar-refractivity contribution is 8.36. The summed E-state index contributed by atoms with van der Waals surface area (Å²) >= 11 is 0. The molecular formula is C14H14FNO3S2. The van der Waals surface area contributed by atoms with Crippen molar-refractivity contribution in [3.8, 4) is 0 Å². The van der Waals surface area contributed by atoms with Crippen molar-refractivity contribution in [2.75, 3.05) is 6.01 Å². The molecule has 3 rings (SSSR count). The molecule has 0 bridgehead atoms. The molecule has 0 saturated carbocycles. The number of nitrogens with zero attached hydrogens (tertiary/aromatic N) is 1. The quantitative estimate of drug-likeness (QED) is 0.807. The molecule has 2 atom stereocenters. The Kier molecular flexibility index (Phi) is 3.53. The van der Waals surface area contributed by atoms with Gasteiger partial charge in [-0.2, -0.15) is 4.28 Å². The number of hydrogen-bond donors (Lipinski definition) is 0. The van der Waals surface area contributed by atoms with Gasteiger partial charge in [0.2, 0.25) is 0 Å². The number of alkyl halides is 1. The maximum atomic E-state index is 13.5. The summed E-state index contributed by atoms with van der Waals surface area (Å²) in [7, 11) is -6.37. The van der Waals surface area contributed by atoms with Gasteiger partial charge in [-0.3, -0.25) is 0 Å². The number of halogens is 1. The van der Waals surface area contributed by atoms with Crippen molar-refractivity contribution in [1.82, 2.24) is 3.87 Å². The van der Waals surface area contributed by atoms with Gasteiger partial charge < -0.3 is 0 Å². The van der Waals surface area contributed by atoms with Gasteiger partial charge >= 0.3 is 0 Å². The van der Waals surface area contributed by atoms with E-state index in [4.69, 9.17) is 4.28 Å². The molecule has 0 aliphatic carbocycles. The number of rotatable bonds is 4. The number of benzene rings is 2. The Balaban J connectivity index is 1.97. The Morgan fingerprint density at radius 3 is 2.29 bits per heavy atom. The van der Waals surface area contributed by atoms with Crippen LogP contribution < -0.4 is 0 Å². The highest BCUT2D eigenvalue weighted by Gasteiger charge is 2.60. The first-order chi connectivity index (χ1) is 10.0. The van der Waals surface area contributed by atoms with Crippen molar-refractivity contribution in [3.63, 3.8) is 0 Å². The van der Waals surface area contributed by atoms with E-state index in [0.717, 1.165) is 9.44 Å². The summed E-state index contributed by atoms with van der Waals surface area (Å²) in [6.07, 6.45) is 0. The molecule has 1 aliphatic rings. The van der Waals surface area contributed by atoms with Gasteiger partial charge in [0, 0.05) is 19.3 Å². The molecule has 0 aromatic heterocycles. The summed E-state index contributed by atoms with van der Waals surface area (Å²) < 4.78 is 44.6. The van der Waals surface area contributed by atoms with Crippen LogP contribution in [0.25, 0.3) is 0 Å². The molecule has 0 spiro atoms. The molecule has 2 aromatic carbocycles. The first-order valence-electron chi connectivity index (χ1n) is 6.24. The molecule has 0 radical (unpaired) electrons. The second-order valence-corrected chi connectivity index (χ2v) is 9.08. The lowest BCUT2D eigenvalue weighted by Gasteiger charge is -2.12. The summed E-state index contributed by atoms with van der Waals surface area (Å²) in [6, 6.07) is 14.2. The van der Waals surface area contributed by atoms with Gasteiger partial charge in [-0.1, -0.05) is 35.9 Å². The summed E-state index contributed by atoms with van der Waals surface area (Å²) in [6.45, 7) is 1.87. The van der Waals surface area contributed by atoms with Crippen LogP contribution in [0.3, 0.4) is 0 Å². The Bertz CT molecular complexity index is 750. The van der Waals surface area contributed by atoms with Crippen molar-refractivity contribution >= 4 is 20.5 Å². The standard InChI is InChI=1S/C14H14FNO3S2/c1-12-7-9-14(10-8-12)21(17,18)16-19-20(16,11-15)13-5-3-2-4-6-13/h2-10H,11H2,1H3. The average Bonchev–Trinajstić information content (AvgIpc) is 3.26. The van der Waals surface area contributed by atoms with E-state index in [1.165, 1.54) is 12.1 Å². The minimum absolute atomic E-state index is 0.104. The van der Waals surface area contributed by atoms with Crippen LogP contribution in [-0.4, -0.2) is 18.3 Å². The fraction of sp³-hybridized carbons (Fsp3) is 0.143. The van der Waals surface area contributed by atoms with E-state index in [2.05, 4.69) is 0 Å². The molecule has 1 heterocycles. The Morgan fingerprint density at radius 2 is 1.71 bits per heavy atom. The third-order valence-corrected chi connectivity index (χ3v) is 8.05. The fourth-order valence-electron chi connectivity index (χ4n) is 1.97. The largest absolute Gasteiger partial charge is 0.276 e. The Hall–Kier alpha value is -1.41. The molecule has 112 valence electrons. The van der Waals surface area contributed by atoms with Gasteiger partial charge in [-0.15, -0.1) is 0 Å². The molecule has 21 heavy (non-hydrogen) atoms. The molecule has 4 nitrogen and oxygen atoms in total. The van der Waals surface area contributed by atoms with Crippen molar-refractivity contribution in [2.24, 2.45) is 0 Å². The number of sulfonamides is 1. The number of hydrogen-bond acceptors (Lipinski definition) is 3. The second-order valence-electron chi connectivity index (χ2n) is 4.65. The number of aryl methyl sites for hydroxylation is 1. The molecule has 0 N–H and O–H groups in total. The van der Waals surface area contributed by atoms with Crippen LogP contribution in [0, 0.1) is 6.92 Å². The molecule has 7 heteroatoms. The summed E-state index contributed by atoms with van der Waals surface area (Å²) in [5.74, 6) is 0. The summed E-state index contributed by atoms with van der Waals surface area (Å²) in [4.78, 5) is 0.662. The maximum Gasteiger partial charge on any atom is 0.276 e. The molecule has 1 fully saturated rings. The van der Waals surface area contributed by atoms with E-state index in [9.17, 15) is 12.8 Å². The topological polar surface area (TPSA) is 49.7 Å². The first-order valence-corrected chi connectivity index (χ1v) is 9.37. The van der Waals surface area contributed by atoms with Crippen LogP contribution >= 0.6 is 10.5 Å². The predicted molar refractivity (Wildman–Crippen MR) is 79.6 cm³/mol. The summed E-state index contributed by atoms with van der Waals surface area (Å²) in [5, 5.41) is 0. The van der Waals surface area contributed by atoms with Crippen molar-refractivity contribution in [3.05, 3.63) is 60.2 Å². The van der Waals surface area contributed by atoms with Gasteiger partial charge in [-0.05, 0) is 31.2 Å². The minimum atomic E-state index is -3.84. The SMILES string of the molecule is Cc1ccc(S(=O)(=O)N2OS2(CF)c2ccccc2)cc1. The highest BCUT2D eigenvalue weighted by atomic mass is 32.3. The van der Waals surface area contributed by atoms with Crippen molar-refractivity contribution in [2.45, 2.75) is 16.7 Å². The predicted octanol–water partition coefficient (Wildman–Crippen LogP) is 3.55. The van der Waals surface area contributed by atoms with Crippen molar-refractivity contribution in [1.29, 1.82) is 0 Å². The fourth-order valence-corrected chi connectivity index (χ4v) is 6.63. The average molecular weight is 327 g/mol. The Labute approximate surface area is 124 Å². The molecule has 2 unspecified atom stereocenters. The molecule has 1 saturated heterocycles. The Morgan fingerprint density at radius 1 is 1.10 bits per heavy atom. The van der Waals surface area contributed by atoms with Gasteiger partial charge in [0.05, 0.1) is 4.90 Å². The lowest BCUT2D eigenvalue weighted by atomic mass is 10.2. The monoisotopic (exact) mass is 327 g/mol. The normalized spacial score (nSPS) is 27.8. The van der Waals surface area contributed by atoms with E-state index in [0.29, 0.717) is 4.90 Å². The van der Waals surface area contributed by atoms with E-state index in [1.807, 2.05) is 6.92 Å². The van der Waals surface area contributed by atoms with Gasteiger partial charge in [0.1, 0.15) is 0 Å². The maximum absolute atomic E-state index is 13.5.